The standard InChI is InChI=1S/C27H27FN4O4S/c1-29-26(32-16-4-5-20-17-23(14-15-24(20)32)37(35,36)31(2)3)25(18-6-10-21(28)11-7-18)30-22-12-8-19(9-13-22)27(33)34/h6-12,14-15,17H,1,4-5,13,16H2,2-3H3,(H,33,34)/b26-25+,30-22?. The Kier molecular flexibility index (Phi) is 7.51. The number of aliphatic carboxylic acids is 1. The van der Waals surface area contributed by atoms with Crippen molar-refractivity contribution >= 4 is 39.8 Å². The van der Waals surface area contributed by atoms with Gasteiger partial charge in [-0.05, 0) is 79.7 Å². The molecule has 192 valence electrons. The van der Waals surface area contributed by atoms with Crippen LogP contribution in [0.3, 0.4) is 0 Å². The second kappa shape index (κ2) is 10.6. The van der Waals surface area contributed by atoms with E-state index in [-0.39, 0.29) is 10.5 Å². The number of fused-ring (bicyclic) bond motifs is 1. The molecule has 0 saturated heterocycles. The molecule has 1 aliphatic heterocycles. The molecular weight excluding hydrogens is 495 g/mol. The maximum atomic E-state index is 13.7. The van der Waals surface area contributed by atoms with E-state index in [2.05, 4.69) is 11.7 Å². The van der Waals surface area contributed by atoms with Crippen LogP contribution in [0.5, 0.6) is 0 Å². The summed E-state index contributed by atoms with van der Waals surface area (Å²) in [5.74, 6) is -0.975. The van der Waals surface area contributed by atoms with Crippen LogP contribution in [0.2, 0.25) is 0 Å². The smallest absolute Gasteiger partial charge is 0.335 e. The number of aliphatic imine (C=N–C) groups is 2. The average Bonchev–Trinajstić information content (AvgIpc) is 2.89. The third kappa shape index (κ3) is 5.45. The molecule has 0 spiro atoms. The van der Waals surface area contributed by atoms with Crippen LogP contribution in [0, 0.1) is 5.82 Å². The van der Waals surface area contributed by atoms with Crippen molar-refractivity contribution in [3.8, 4) is 0 Å². The maximum Gasteiger partial charge on any atom is 0.335 e. The lowest BCUT2D eigenvalue weighted by molar-refractivity contribution is -0.132. The number of hydrogen-bond acceptors (Lipinski definition) is 6. The Morgan fingerprint density at radius 1 is 1.14 bits per heavy atom. The quantitative estimate of drug-likeness (QED) is 0.547. The van der Waals surface area contributed by atoms with Crippen LogP contribution in [-0.4, -0.2) is 56.9 Å². The van der Waals surface area contributed by atoms with Crippen molar-refractivity contribution in [1.29, 1.82) is 0 Å². The van der Waals surface area contributed by atoms with Gasteiger partial charge in [-0.15, -0.1) is 0 Å². The van der Waals surface area contributed by atoms with Gasteiger partial charge in [-0.2, -0.15) is 0 Å². The zero-order valence-electron chi connectivity index (χ0n) is 20.6. The Bertz CT molecular complexity index is 1470. The van der Waals surface area contributed by atoms with E-state index in [0.29, 0.717) is 42.2 Å². The number of sulfonamides is 1. The molecule has 10 heteroatoms. The number of hydrogen-bond donors (Lipinski definition) is 1. The van der Waals surface area contributed by atoms with Crippen LogP contribution in [0.25, 0.3) is 5.70 Å². The van der Waals surface area contributed by atoms with Gasteiger partial charge in [-0.1, -0.05) is 6.08 Å². The van der Waals surface area contributed by atoms with E-state index >= 15 is 0 Å². The van der Waals surface area contributed by atoms with Gasteiger partial charge in [0.2, 0.25) is 10.0 Å². The summed E-state index contributed by atoms with van der Waals surface area (Å²) in [6, 6.07) is 10.9. The molecule has 1 N–H and O–H groups in total. The van der Waals surface area contributed by atoms with Crippen LogP contribution in [0.15, 0.2) is 87.0 Å². The minimum Gasteiger partial charge on any atom is -0.478 e. The van der Waals surface area contributed by atoms with E-state index in [1.807, 2.05) is 4.90 Å². The monoisotopic (exact) mass is 522 g/mol. The van der Waals surface area contributed by atoms with Gasteiger partial charge in [0.05, 0.1) is 10.5 Å². The Morgan fingerprint density at radius 3 is 2.46 bits per heavy atom. The zero-order chi connectivity index (χ0) is 26.7. The van der Waals surface area contributed by atoms with Gasteiger partial charge in [0, 0.05) is 44.0 Å². The molecule has 0 fully saturated rings. The molecular formula is C27H27FN4O4S. The highest BCUT2D eigenvalue weighted by molar-refractivity contribution is 7.89. The van der Waals surface area contributed by atoms with Crippen LogP contribution < -0.4 is 4.90 Å². The second-order valence-corrected chi connectivity index (χ2v) is 10.9. The summed E-state index contributed by atoms with van der Waals surface area (Å²) in [4.78, 5) is 22.5. The lowest BCUT2D eigenvalue weighted by Gasteiger charge is -2.32. The summed E-state index contributed by atoms with van der Waals surface area (Å²) in [6.07, 6.45) is 6.43. The van der Waals surface area contributed by atoms with Crippen molar-refractivity contribution < 1.29 is 22.7 Å². The minimum absolute atomic E-state index is 0.182. The average molecular weight is 523 g/mol. The summed E-state index contributed by atoms with van der Waals surface area (Å²) in [5.41, 5.74) is 3.49. The van der Waals surface area contributed by atoms with Crippen molar-refractivity contribution in [2.75, 3.05) is 25.5 Å². The minimum atomic E-state index is -3.59. The number of anilines is 1. The number of benzene rings is 2. The lowest BCUT2D eigenvalue weighted by Crippen LogP contribution is -2.29. The predicted molar refractivity (Wildman–Crippen MR) is 143 cm³/mol. The molecule has 2 aromatic rings. The number of allylic oxidation sites excluding steroid dienone is 2. The summed E-state index contributed by atoms with van der Waals surface area (Å²) in [5, 5.41) is 9.23. The van der Waals surface area contributed by atoms with Crippen LogP contribution in [-0.2, 0) is 21.2 Å². The number of rotatable bonds is 7. The van der Waals surface area contributed by atoms with Gasteiger partial charge in [0.1, 0.15) is 11.5 Å². The summed E-state index contributed by atoms with van der Waals surface area (Å²) in [6.45, 7) is 4.37. The zero-order valence-corrected chi connectivity index (χ0v) is 21.4. The molecule has 8 nitrogen and oxygen atoms in total. The maximum absolute atomic E-state index is 13.7. The number of nitrogens with zero attached hydrogens (tertiary/aromatic N) is 4. The molecule has 2 aromatic carbocycles. The first-order chi connectivity index (χ1) is 17.6. The molecule has 0 aromatic heterocycles. The molecule has 4 rings (SSSR count). The Morgan fingerprint density at radius 2 is 1.86 bits per heavy atom. The van der Waals surface area contributed by atoms with Crippen LogP contribution in [0.4, 0.5) is 10.1 Å². The summed E-state index contributed by atoms with van der Waals surface area (Å²) < 4.78 is 40.3. The Balaban J connectivity index is 1.84. The lowest BCUT2D eigenvalue weighted by atomic mass is 10.0. The van der Waals surface area contributed by atoms with Crippen LogP contribution in [0.1, 0.15) is 24.0 Å². The van der Waals surface area contributed by atoms with Crippen molar-refractivity contribution in [2.45, 2.75) is 24.2 Å². The molecule has 0 amide bonds. The van der Waals surface area contributed by atoms with Crippen molar-refractivity contribution in [3.05, 3.63) is 89.0 Å². The van der Waals surface area contributed by atoms with E-state index < -0.39 is 21.8 Å². The fraction of sp³-hybridized carbons (Fsp3) is 0.222. The fourth-order valence-corrected chi connectivity index (χ4v) is 5.18. The molecule has 2 aliphatic rings. The number of aryl methyl sites for hydroxylation is 1. The Hall–Kier alpha value is -3.89. The van der Waals surface area contributed by atoms with Crippen molar-refractivity contribution in [2.24, 2.45) is 9.98 Å². The first-order valence-electron chi connectivity index (χ1n) is 11.6. The first-order valence-corrected chi connectivity index (χ1v) is 13.0. The largest absolute Gasteiger partial charge is 0.478 e. The molecule has 37 heavy (non-hydrogen) atoms. The molecule has 0 unspecified atom stereocenters. The summed E-state index contributed by atoms with van der Waals surface area (Å²) in [7, 11) is -0.608. The number of carboxylic acids is 1. The third-order valence-corrected chi connectivity index (χ3v) is 7.98. The van der Waals surface area contributed by atoms with E-state index in [9.17, 15) is 22.7 Å². The van der Waals surface area contributed by atoms with Crippen LogP contribution >= 0.6 is 0 Å². The molecule has 0 radical (unpaired) electrons. The van der Waals surface area contributed by atoms with E-state index in [1.165, 1.54) is 36.6 Å². The number of carbonyl (C=O) groups is 1. The van der Waals surface area contributed by atoms with Gasteiger partial charge in [0.15, 0.2) is 5.82 Å². The molecule has 0 bridgehead atoms. The van der Waals surface area contributed by atoms with Gasteiger partial charge in [-0.25, -0.2) is 31.9 Å². The van der Waals surface area contributed by atoms with Gasteiger partial charge in [-0.3, -0.25) is 0 Å². The molecule has 0 atom stereocenters. The SMILES string of the molecule is C=N/C(=C(\N=C1C=CC(C(=O)O)=CC1)c1ccc(F)cc1)N1CCCc2cc(S(=O)(=O)N(C)C)ccc21. The molecule has 1 heterocycles. The second-order valence-electron chi connectivity index (χ2n) is 8.78. The van der Waals surface area contributed by atoms with Gasteiger partial charge >= 0.3 is 5.97 Å². The summed E-state index contributed by atoms with van der Waals surface area (Å²) >= 11 is 0. The normalized spacial score (nSPS) is 17.4. The van der Waals surface area contributed by atoms with Crippen molar-refractivity contribution in [1.82, 2.24) is 4.31 Å². The van der Waals surface area contributed by atoms with E-state index in [4.69, 9.17) is 4.99 Å². The van der Waals surface area contributed by atoms with Gasteiger partial charge < -0.3 is 10.0 Å². The highest BCUT2D eigenvalue weighted by Crippen LogP contribution is 2.36. The highest BCUT2D eigenvalue weighted by Gasteiger charge is 2.26. The topological polar surface area (TPSA) is 103 Å². The highest BCUT2D eigenvalue weighted by atomic mass is 32.2. The third-order valence-electron chi connectivity index (χ3n) is 6.17. The molecule has 1 aliphatic carbocycles. The predicted octanol–water partition coefficient (Wildman–Crippen LogP) is 4.27. The number of carboxylic acid groups (broad SMARTS) is 1. The molecule has 0 saturated carbocycles. The fourth-order valence-electron chi connectivity index (χ4n) is 4.23. The van der Waals surface area contributed by atoms with Gasteiger partial charge in [0.25, 0.3) is 0 Å². The first kappa shape index (κ1) is 26.2. The number of halogens is 1. The van der Waals surface area contributed by atoms with Crippen molar-refractivity contribution in [3.63, 3.8) is 0 Å². The van der Waals surface area contributed by atoms with E-state index in [1.54, 1.807) is 42.5 Å². The van der Waals surface area contributed by atoms with E-state index in [0.717, 1.165) is 17.7 Å². The Labute approximate surface area is 215 Å².